The zero-order valence-electron chi connectivity index (χ0n) is 16.5. The number of hydrogen-bond acceptors (Lipinski definition) is 2. The van der Waals surface area contributed by atoms with Crippen molar-refractivity contribution in [3.63, 3.8) is 0 Å². The third-order valence-electron chi connectivity index (χ3n) is 4.64. The van der Waals surface area contributed by atoms with Crippen molar-refractivity contribution in [3.05, 3.63) is 6.92 Å². The average molecular weight is 340 g/mol. The molecule has 0 bridgehead atoms. The molecule has 0 aliphatic rings. The van der Waals surface area contributed by atoms with E-state index in [1.807, 2.05) is 0 Å². The van der Waals surface area contributed by atoms with Crippen LogP contribution in [0.5, 0.6) is 0 Å². The molecule has 1 radical (unpaired) electrons. The van der Waals surface area contributed by atoms with E-state index in [1.54, 1.807) is 0 Å². The van der Waals surface area contributed by atoms with Crippen molar-refractivity contribution in [2.75, 3.05) is 6.61 Å². The predicted molar refractivity (Wildman–Crippen MR) is 105 cm³/mol. The molecule has 2 nitrogen and oxygen atoms in total. The summed E-state index contributed by atoms with van der Waals surface area (Å²) in [5.41, 5.74) is 0. The number of hydrogen-bond donors (Lipinski definition) is 0. The number of ether oxygens (including phenoxy) is 1. The van der Waals surface area contributed by atoms with E-state index in [4.69, 9.17) is 4.74 Å². The molecule has 0 aromatic carbocycles. The van der Waals surface area contributed by atoms with Gasteiger partial charge < -0.3 is 4.74 Å². The second kappa shape index (κ2) is 20.5. The van der Waals surface area contributed by atoms with Crippen molar-refractivity contribution in [3.8, 4) is 0 Å². The van der Waals surface area contributed by atoms with Crippen LogP contribution in [0.2, 0.25) is 0 Å². The normalized spacial score (nSPS) is 10.9. The van der Waals surface area contributed by atoms with E-state index >= 15 is 0 Å². The minimum absolute atomic E-state index is 0.0295. The highest BCUT2D eigenvalue weighted by Crippen LogP contribution is 2.13. The van der Waals surface area contributed by atoms with E-state index in [1.165, 1.54) is 89.9 Å². The predicted octanol–water partition coefficient (Wildman–Crippen LogP) is 7.41. The lowest BCUT2D eigenvalue weighted by Crippen LogP contribution is -2.05. The fourth-order valence-corrected chi connectivity index (χ4v) is 3.00. The summed E-state index contributed by atoms with van der Waals surface area (Å²) in [5.74, 6) is -0.0295. The summed E-state index contributed by atoms with van der Waals surface area (Å²) in [6, 6.07) is 0. The van der Waals surface area contributed by atoms with Crippen LogP contribution in [0.3, 0.4) is 0 Å². The Labute approximate surface area is 152 Å². The number of carbonyl (C=O) groups excluding carboxylic acids is 1. The summed E-state index contributed by atoms with van der Waals surface area (Å²) in [6.07, 6.45) is 22.6. The largest absolute Gasteiger partial charge is 0.466 e. The molecule has 0 amide bonds. The van der Waals surface area contributed by atoms with Gasteiger partial charge in [0.15, 0.2) is 0 Å². The van der Waals surface area contributed by atoms with Crippen LogP contribution in [-0.4, -0.2) is 12.6 Å². The summed E-state index contributed by atoms with van der Waals surface area (Å²) in [6.45, 7) is 6.56. The molecule has 0 heterocycles. The van der Waals surface area contributed by atoms with Gasteiger partial charge in [0, 0.05) is 6.42 Å². The molecule has 0 fully saturated rings. The highest BCUT2D eigenvalue weighted by Gasteiger charge is 2.01. The van der Waals surface area contributed by atoms with Gasteiger partial charge in [0.1, 0.15) is 0 Å². The van der Waals surface area contributed by atoms with Gasteiger partial charge in [0.25, 0.3) is 0 Å². The Morgan fingerprint density at radius 3 is 1.50 bits per heavy atom. The lowest BCUT2D eigenvalue weighted by Gasteiger charge is -2.04. The first-order chi connectivity index (χ1) is 11.8. The third-order valence-corrected chi connectivity index (χ3v) is 4.64. The Morgan fingerprint density at radius 1 is 0.667 bits per heavy atom. The van der Waals surface area contributed by atoms with Crippen LogP contribution in [0.4, 0.5) is 0 Å². The first-order valence-electron chi connectivity index (χ1n) is 10.8. The molecule has 0 saturated carbocycles. The van der Waals surface area contributed by atoms with Crippen LogP contribution in [-0.2, 0) is 9.53 Å². The molecule has 0 saturated heterocycles. The van der Waals surface area contributed by atoms with Gasteiger partial charge in [0.2, 0.25) is 0 Å². The van der Waals surface area contributed by atoms with Crippen LogP contribution in [0.1, 0.15) is 122 Å². The van der Waals surface area contributed by atoms with Crippen molar-refractivity contribution in [1.29, 1.82) is 0 Å². The van der Waals surface area contributed by atoms with Crippen molar-refractivity contribution < 1.29 is 9.53 Å². The van der Waals surface area contributed by atoms with Gasteiger partial charge in [-0.05, 0) is 12.8 Å². The molecule has 0 unspecified atom stereocenters. The maximum Gasteiger partial charge on any atom is 0.305 e. The van der Waals surface area contributed by atoms with Crippen molar-refractivity contribution in [2.24, 2.45) is 0 Å². The van der Waals surface area contributed by atoms with Crippen molar-refractivity contribution >= 4 is 5.97 Å². The number of esters is 1. The minimum atomic E-state index is -0.0295. The van der Waals surface area contributed by atoms with Gasteiger partial charge in [-0.3, -0.25) is 4.79 Å². The lowest BCUT2D eigenvalue weighted by atomic mass is 10.0. The van der Waals surface area contributed by atoms with Crippen molar-refractivity contribution in [1.82, 2.24) is 0 Å². The van der Waals surface area contributed by atoms with Gasteiger partial charge in [-0.25, -0.2) is 0 Å². The molecule has 0 aromatic rings. The zero-order chi connectivity index (χ0) is 17.7. The highest BCUT2D eigenvalue weighted by atomic mass is 16.5. The van der Waals surface area contributed by atoms with Gasteiger partial charge >= 0.3 is 5.97 Å². The van der Waals surface area contributed by atoms with Crippen LogP contribution < -0.4 is 0 Å². The molecule has 0 N–H and O–H groups in total. The molecule has 0 spiro atoms. The second-order valence-corrected chi connectivity index (χ2v) is 7.13. The average Bonchev–Trinajstić information content (AvgIpc) is 2.58. The Bertz CT molecular complexity index is 250. The quantitative estimate of drug-likeness (QED) is 0.181. The molecule has 0 aromatic heterocycles. The Hall–Kier alpha value is -0.530. The number of rotatable bonds is 19. The van der Waals surface area contributed by atoms with E-state index in [9.17, 15) is 4.79 Å². The first kappa shape index (κ1) is 23.5. The van der Waals surface area contributed by atoms with Crippen LogP contribution in [0, 0.1) is 6.92 Å². The Balaban J connectivity index is 3.06. The maximum absolute atomic E-state index is 11.4. The molecular formula is C22H43O2. The highest BCUT2D eigenvalue weighted by molar-refractivity contribution is 5.69. The van der Waals surface area contributed by atoms with E-state index < -0.39 is 0 Å². The molecule has 0 atom stereocenters. The monoisotopic (exact) mass is 339 g/mol. The van der Waals surface area contributed by atoms with Crippen LogP contribution in [0.15, 0.2) is 0 Å². The SMILES string of the molecule is [CH2]CCCOC(=O)CCCCCCCCCCCCCCCCC. The van der Waals surface area contributed by atoms with Gasteiger partial charge in [0.05, 0.1) is 6.61 Å². The molecule has 0 rings (SSSR count). The Kier molecular flexibility index (Phi) is 20.1. The van der Waals surface area contributed by atoms with E-state index in [2.05, 4.69) is 13.8 Å². The van der Waals surface area contributed by atoms with Crippen LogP contribution in [0.25, 0.3) is 0 Å². The van der Waals surface area contributed by atoms with E-state index in [-0.39, 0.29) is 5.97 Å². The molecule has 2 heteroatoms. The lowest BCUT2D eigenvalue weighted by molar-refractivity contribution is -0.143. The Morgan fingerprint density at radius 2 is 1.08 bits per heavy atom. The fourth-order valence-electron chi connectivity index (χ4n) is 3.00. The molecule has 143 valence electrons. The summed E-state index contributed by atoms with van der Waals surface area (Å²) >= 11 is 0. The van der Waals surface area contributed by atoms with E-state index in [0.29, 0.717) is 13.0 Å². The smallest absolute Gasteiger partial charge is 0.305 e. The second-order valence-electron chi connectivity index (χ2n) is 7.13. The topological polar surface area (TPSA) is 26.3 Å². The minimum Gasteiger partial charge on any atom is -0.466 e. The van der Waals surface area contributed by atoms with Gasteiger partial charge in [-0.1, -0.05) is 110 Å². The number of carbonyl (C=O) groups is 1. The molecular weight excluding hydrogens is 296 g/mol. The molecule has 0 aliphatic carbocycles. The first-order valence-corrected chi connectivity index (χ1v) is 10.8. The standard InChI is InChI=1S/C22H43O2/c1-3-5-7-8-9-10-11-12-13-14-15-16-17-18-19-20-22(23)24-21-6-4-2/h2-21H2,1H3. The third kappa shape index (κ3) is 19.5. The maximum atomic E-state index is 11.4. The van der Waals surface area contributed by atoms with Crippen molar-refractivity contribution in [2.45, 2.75) is 122 Å². The zero-order valence-corrected chi connectivity index (χ0v) is 16.5. The summed E-state index contributed by atoms with van der Waals surface area (Å²) in [4.78, 5) is 11.4. The van der Waals surface area contributed by atoms with E-state index in [0.717, 1.165) is 19.3 Å². The summed E-state index contributed by atoms with van der Waals surface area (Å²) in [7, 11) is 0. The van der Waals surface area contributed by atoms with Gasteiger partial charge in [-0.2, -0.15) is 0 Å². The summed E-state index contributed by atoms with van der Waals surface area (Å²) < 4.78 is 5.12. The summed E-state index contributed by atoms with van der Waals surface area (Å²) in [5, 5.41) is 0. The molecule has 24 heavy (non-hydrogen) atoms. The van der Waals surface area contributed by atoms with Crippen LogP contribution >= 0.6 is 0 Å². The fraction of sp³-hybridized carbons (Fsp3) is 0.909. The molecule has 0 aliphatic heterocycles. The number of unbranched alkanes of at least 4 members (excludes halogenated alkanes) is 15. The van der Waals surface area contributed by atoms with Gasteiger partial charge in [-0.15, -0.1) is 0 Å².